The first-order valence-electron chi connectivity index (χ1n) is 6.63. The van der Waals surface area contributed by atoms with E-state index in [1.165, 1.54) is 6.08 Å². The fourth-order valence-corrected chi connectivity index (χ4v) is 1.62. The van der Waals surface area contributed by atoms with Crippen LogP contribution in [0.1, 0.15) is 31.9 Å². The van der Waals surface area contributed by atoms with Crippen molar-refractivity contribution in [1.29, 1.82) is 0 Å². The lowest BCUT2D eigenvalue weighted by atomic mass is 9.97. The van der Waals surface area contributed by atoms with Crippen LogP contribution in [-0.2, 0) is 9.59 Å². The van der Waals surface area contributed by atoms with Gasteiger partial charge in [-0.1, -0.05) is 26.8 Å². The van der Waals surface area contributed by atoms with Crippen molar-refractivity contribution in [2.24, 2.45) is 11.8 Å². The molecular formula is C16H21NO3. The van der Waals surface area contributed by atoms with Gasteiger partial charge in [0.15, 0.2) is 0 Å². The predicted octanol–water partition coefficient (Wildman–Crippen LogP) is 3.32. The monoisotopic (exact) mass is 275 g/mol. The van der Waals surface area contributed by atoms with Crippen molar-refractivity contribution in [3.63, 3.8) is 0 Å². The summed E-state index contributed by atoms with van der Waals surface area (Å²) >= 11 is 0. The molecule has 1 amide bonds. The van der Waals surface area contributed by atoms with Crippen LogP contribution in [0, 0.1) is 18.8 Å². The smallest absolute Gasteiger partial charge is 0.328 e. The average molecular weight is 275 g/mol. The van der Waals surface area contributed by atoms with Crippen LogP contribution >= 0.6 is 0 Å². The van der Waals surface area contributed by atoms with Crippen LogP contribution in [0.5, 0.6) is 0 Å². The third-order valence-electron chi connectivity index (χ3n) is 3.37. The molecule has 0 heterocycles. The van der Waals surface area contributed by atoms with Gasteiger partial charge in [-0.2, -0.15) is 0 Å². The second-order valence-corrected chi connectivity index (χ2v) is 5.26. The van der Waals surface area contributed by atoms with Crippen LogP contribution in [0.4, 0.5) is 5.69 Å². The Bertz CT molecular complexity index is 533. The van der Waals surface area contributed by atoms with Gasteiger partial charge in [-0.15, -0.1) is 0 Å². The molecule has 1 rings (SSSR count). The van der Waals surface area contributed by atoms with Gasteiger partial charge in [-0.25, -0.2) is 4.79 Å². The number of amides is 1. The zero-order chi connectivity index (χ0) is 15.3. The van der Waals surface area contributed by atoms with Crippen molar-refractivity contribution in [2.75, 3.05) is 5.32 Å². The number of aryl methyl sites for hydroxylation is 1. The molecule has 1 atom stereocenters. The molecule has 0 radical (unpaired) electrons. The maximum absolute atomic E-state index is 12.0. The molecule has 1 aromatic carbocycles. The SMILES string of the molecule is Cc1ccc(NC(=O)C(C)C(C)C)cc1C=CC(=O)O. The maximum atomic E-state index is 12.0. The molecule has 0 saturated carbocycles. The molecule has 0 aliphatic heterocycles. The normalized spacial score (nSPS) is 12.7. The Morgan fingerprint density at radius 1 is 1.25 bits per heavy atom. The molecule has 0 saturated heterocycles. The number of hydrogen-bond donors (Lipinski definition) is 2. The number of anilines is 1. The van der Waals surface area contributed by atoms with Crippen molar-refractivity contribution in [3.8, 4) is 0 Å². The summed E-state index contributed by atoms with van der Waals surface area (Å²) in [5.41, 5.74) is 2.41. The number of nitrogens with one attached hydrogen (secondary N) is 1. The molecule has 4 heteroatoms. The highest BCUT2D eigenvalue weighted by atomic mass is 16.4. The Balaban J connectivity index is 2.90. The van der Waals surface area contributed by atoms with Gasteiger partial charge in [0.25, 0.3) is 0 Å². The van der Waals surface area contributed by atoms with E-state index in [9.17, 15) is 9.59 Å². The van der Waals surface area contributed by atoms with Gasteiger partial charge in [-0.3, -0.25) is 4.79 Å². The maximum Gasteiger partial charge on any atom is 0.328 e. The fourth-order valence-electron chi connectivity index (χ4n) is 1.62. The number of carboxylic acid groups (broad SMARTS) is 1. The summed E-state index contributed by atoms with van der Waals surface area (Å²) in [6.07, 6.45) is 2.61. The summed E-state index contributed by atoms with van der Waals surface area (Å²) in [5.74, 6) is -0.828. The van der Waals surface area contributed by atoms with Gasteiger partial charge in [0.2, 0.25) is 5.91 Å². The van der Waals surface area contributed by atoms with E-state index in [2.05, 4.69) is 5.32 Å². The van der Waals surface area contributed by atoms with Gasteiger partial charge in [0, 0.05) is 17.7 Å². The summed E-state index contributed by atoms with van der Waals surface area (Å²) in [6.45, 7) is 7.78. The molecule has 108 valence electrons. The number of hydrogen-bond acceptors (Lipinski definition) is 2. The number of rotatable bonds is 5. The van der Waals surface area contributed by atoms with Crippen molar-refractivity contribution in [1.82, 2.24) is 0 Å². The Morgan fingerprint density at radius 3 is 2.45 bits per heavy atom. The molecule has 0 aliphatic carbocycles. The Kier molecular flexibility index (Phi) is 5.50. The number of benzene rings is 1. The minimum atomic E-state index is -0.993. The quantitative estimate of drug-likeness (QED) is 0.810. The fraction of sp³-hybridized carbons (Fsp3) is 0.375. The highest BCUT2D eigenvalue weighted by molar-refractivity contribution is 5.93. The van der Waals surface area contributed by atoms with Crippen LogP contribution in [-0.4, -0.2) is 17.0 Å². The van der Waals surface area contributed by atoms with E-state index in [1.54, 1.807) is 6.07 Å². The lowest BCUT2D eigenvalue weighted by Crippen LogP contribution is -2.24. The van der Waals surface area contributed by atoms with Crippen LogP contribution in [0.25, 0.3) is 6.08 Å². The van der Waals surface area contributed by atoms with Crippen LogP contribution in [0.2, 0.25) is 0 Å². The molecule has 1 unspecified atom stereocenters. The predicted molar refractivity (Wildman–Crippen MR) is 80.5 cm³/mol. The summed E-state index contributed by atoms with van der Waals surface area (Å²) in [4.78, 5) is 22.5. The summed E-state index contributed by atoms with van der Waals surface area (Å²) in [6, 6.07) is 5.45. The van der Waals surface area contributed by atoms with Crippen LogP contribution in [0.15, 0.2) is 24.3 Å². The van der Waals surface area contributed by atoms with Crippen molar-refractivity contribution < 1.29 is 14.7 Å². The first-order chi connectivity index (χ1) is 9.31. The van der Waals surface area contributed by atoms with E-state index >= 15 is 0 Å². The number of aliphatic carboxylic acids is 1. The zero-order valence-electron chi connectivity index (χ0n) is 12.3. The highest BCUT2D eigenvalue weighted by Crippen LogP contribution is 2.19. The van der Waals surface area contributed by atoms with E-state index in [-0.39, 0.29) is 17.7 Å². The Labute approximate surface area is 119 Å². The number of carboxylic acids is 1. The minimum absolute atomic E-state index is 0.0305. The second kappa shape index (κ2) is 6.89. The van der Waals surface area contributed by atoms with Crippen LogP contribution in [0.3, 0.4) is 0 Å². The van der Waals surface area contributed by atoms with E-state index in [0.29, 0.717) is 5.69 Å². The molecule has 0 fully saturated rings. The van der Waals surface area contributed by atoms with E-state index in [4.69, 9.17) is 5.11 Å². The van der Waals surface area contributed by atoms with Crippen molar-refractivity contribution >= 4 is 23.6 Å². The van der Waals surface area contributed by atoms with Gasteiger partial charge >= 0.3 is 5.97 Å². The molecule has 0 aromatic heterocycles. The topological polar surface area (TPSA) is 66.4 Å². The van der Waals surface area contributed by atoms with Crippen molar-refractivity contribution in [2.45, 2.75) is 27.7 Å². The zero-order valence-corrected chi connectivity index (χ0v) is 12.3. The highest BCUT2D eigenvalue weighted by Gasteiger charge is 2.16. The third kappa shape index (κ3) is 4.53. The summed E-state index contributed by atoms with van der Waals surface area (Å²) < 4.78 is 0. The Morgan fingerprint density at radius 2 is 1.90 bits per heavy atom. The van der Waals surface area contributed by atoms with Gasteiger partial charge in [0.1, 0.15) is 0 Å². The molecule has 20 heavy (non-hydrogen) atoms. The largest absolute Gasteiger partial charge is 0.478 e. The average Bonchev–Trinajstić information content (AvgIpc) is 2.38. The van der Waals surface area contributed by atoms with Crippen molar-refractivity contribution in [3.05, 3.63) is 35.4 Å². The van der Waals surface area contributed by atoms with E-state index < -0.39 is 5.97 Å². The molecule has 0 spiro atoms. The molecule has 4 nitrogen and oxygen atoms in total. The summed E-state index contributed by atoms with van der Waals surface area (Å²) in [7, 11) is 0. The number of carbonyl (C=O) groups excluding carboxylic acids is 1. The standard InChI is InChI=1S/C16H21NO3/c1-10(2)12(4)16(20)17-14-7-5-11(3)13(9-14)6-8-15(18)19/h5-10,12H,1-4H3,(H,17,20)(H,18,19). The molecule has 0 aliphatic rings. The lowest BCUT2D eigenvalue weighted by Gasteiger charge is -2.16. The molecule has 2 N–H and O–H groups in total. The van der Waals surface area contributed by atoms with Crippen LogP contribution < -0.4 is 5.32 Å². The van der Waals surface area contributed by atoms with E-state index in [0.717, 1.165) is 17.2 Å². The molecule has 0 bridgehead atoms. The first-order valence-corrected chi connectivity index (χ1v) is 6.63. The Hall–Kier alpha value is -2.10. The molecule has 1 aromatic rings. The minimum Gasteiger partial charge on any atom is -0.478 e. The first kappa shape index (κ1) is 16.0. The van der Waals surface area contributed by atoms with E-state index in [1.807, 2.05) is 39.8 Å². The van der Waals surface area contributed by atoms with Gasteiger partial charge in [0.05, 0.1) is 0 Å². The summed E-state index contributed by atoms with van der Waals surface area (Å²) in [5, 5.41) is 11.5. The second-order valence-electron chi connectivity index (χ2n) is 5.26. The van der Waals surface area contributed by atoms with Gasteiger partial charge < -0.3 is 10.4 Å². The number of carbonyl (C=O) groups is 2. The third-order valence-corrected chi connectivity index (χ3v) is 3.37. The lowest BCUT2D eigenvalue weighted by molar-refractivity contribution is -0.131. The van der Waals surface area contributed by atoms with Gasteiger partial charge in [-0.05, 0) is 42.2 Å². The molecular weight excluding hydrogens is 254 g/mol.